The number of aryl methyl sites for hydroxylation is 2. The number of esters is 1. The van der Waals surface area contributed by atoms with Crippen LogP contribution < -0.4 is 5.56 Å². The van der Waals surface area contributed by atoms with Gasteiger partial charge in [0.2, 0.25) is 0 Å². The molecular formula is C22H24N2O3S. The van der Waals surface area contributed by atoms with Gasteiger partial charge in [0.05, 0.1) is 5.39 Å². The summed E-state index contributed by atoms with van der Waals surface area (Å²) >= 11 is 1.25. The van der Waals surface area contributed by atoms with Gasteiger partial charge in [0.1, 0.15) is 22.1 Å². The summed E-state index contributed by atoms with van der Waals surface area (Å²) in [6, 6.07) is 8.12. The lowest BCUT2D eigenvalue weighted by molar-refractivity contribution is 0.0478. The van der Waals surface area contributed by atoms with Crippen LogP contribution in [0.15, 0.2) is 29.1 Å². The van der Waals surface area contributed by atoms with Crippen LogP contribution in [0, 0.1) is 6.92 Å². The number of ether oxygens (including phenoxy) is 1. The second kappa shape index (κ2) is 6.85. The van der Waals surface area contributed by atoms with Crippen molar-refractivity contribution >= 4 is 27.5 Å². The van der Waals surface area contributed by atoms with E-state index in [2.05, 4.69) is 37.9 Å². The number of aromatic nitrogens is 2. The summed E-state index contributed by atoms with van der Waals surface area (Å²) in [5.41, 5.74) is 2.90. The fourth-order valence-corrected chi connectivity index (χ4v) is 4.67. The number of carbonyl (C=O) groups excluding carboxylic acids is 1. The molecule has 0 amide bonds. The van der Waals surface area contributed by atoms with Gasteiger partial charge in [0.25, 0.3) is 5.56 Å². The summed E-state index contributed by atoms with van der Waals surface area (Å²) in [7, 11) is 0. The predicted molar refractivity (Wildman–Crippen MR) is 111 cm³/mol. The van der Waals surface area contributed by atoms with Crippen LogP contribution in [-0.4, -0.2) is 15.5 Å². The minimum Gasteiger partial charge on any atom is -0.457 e. The molecule has 0 fully saturated rings. The first-order valence-corrected chi connectivity index (χ1v) is 10.4. The van der Waals surface area contributed by atoms with E-state index in [9.17, 15) is 9.59 Å². The Bertz CT molecular complexity index is 1120. The third kappa shape index (κ3) is 3.26. The molecule has 28 heavy (non-hydrogen) atoms. The molecule has 3 aromatic rings. The van der Waals surface area contributed by atoms with Crippen molar-refractivity contribution in [1.29, 1.82) is 0 Å². The van der Waals surface area contributed by atoms with Gasteiger partial charge in [-0.15, -0.1) is 11.3 Å². The molecule has 146 valence electrons. The Labute approximate surface area is 168 Å². The van der Waals surface area contributed by atoms with E-state index < -0.39 is 5.97 Å². The Morgan fingerprint density at radius 3 is 2.64 bits per heavy atom. The summed E-state index contributed by atoms with van der Waals surface area (Å²) in [6.45, 7) is 9.21. The topological polar surface area (TPSA) is 61.2 Å². The Balaban J connectivity index is 1.56. The largest absolute Gasteiger partial charge is 0.457 e. The van der Waals surface area contributed by atoms with E-state index in [0.29, 0.717) is 27.2 Å². The Morgan fingerprint density at radius 1 is 1.25 bits per heavy atom. The third-order valence-electron chi connectivity index (χ3n) is 5.29. The van der Waals surface area contributed by atoms with Gasteiger partial charge >= 0.3 is 5.97 Å². The van der Waals surface area contributed by atoms with Crippen LogP contribution in [0.25, 0.3) is 10.2 Å². The van der Waals surface area contributed by atoms with Crippen molar-refractivity contribution in [3.8, 4) is 0 Å². The highest BCUT2D eigenvalue weighted by Gasteiger charge is 2.24. The van der Waals surface area contributed by atoms with Gasteiger partial charge in [-0.25, -0.2) is 9.78 Å². The monoisotopic (exact) mass is 396 g/mol. The molecule has 1 aliphatic rings. The van der Waals surface area contributed by atoms with Crippen LogP contribution >= 0.6 is 11.3 Å². The average molecular weight is 397 g/mol. The third-order valence-corrected chi connectivity index (χ3v) is 6.45. The zero-order valence-corrected chi connectivity index (χ0v) is 17.5. The summed E-state index contributed by atoms with van der Waals surface area (Å²) in [4.78, 5) is 31.1. The van der Waals surface area contributed by atoms with E-state index in [1.165, 1.54) is 16.9 Å². The number of rotatable bonds is 3. The summed E-state index contributed by atoms with van der Waals surface area (Å²) in [6.07, 6.45) is 1.76. The molecule has 4 rings (SSSR count). The van der Waals surface area contributed by atoms with Crippen molar-refractivity contribution in [2.45, 2.75) is 59.1 Å². The standard InChI is InChI=1S/C22H24N2O3S/c1-13-17-19(23-16-6-5-11-24(16)20(17)25)28-18(13)21(26)27-12-14-7-9-15(10-8-14)22(2,3)4/h7-10H,5-6,11-12H2,1-4H3. The molecule has 0 aliphatic carbocycles. The van der Waals surface area contributed by atoms with E-state index in [1.807, 2.05) is 12.1 Å². The quantitative estimate of drug-likeness (QED) is 0.617. The second-order valence-electron chi connectivity index (χ2n) is 8.35. The molecule has 0 saturated heterocycles. The first kappa shape index (κ1) is 18.9. The zero-order chi connectivity index (χ0) is 20.1. The number of nitrogens with zero attached hydrogens (tertiary/aromatic N) is 2. The zero-order valence-electron chi connectivity index (χ0n) is 16.7. The number of hydrogen-bond acceptors (Lipinski definition) is 5. The van der Waals surface area contributed by atoms with Gasteiger partial charge in [0.15, 0.2) is 0 Å². The normalized spacial score (nSPS) is 13.7. The minimum atomic E-state index is -0.398. The van der Waals surface area contributed by atoms with Gasteiger partial charge < -0.3 is 4.74 Å². The molecular weight excluding hydrogens is 372 g/mol. The molecule has 0 N–H and O–H groups in total. The van der Waals surface area contributed by atoms with Gasteiger partial charge in [-0.1, -0.05) is 45.0 Å². The maximum Gasteiger partial charge on any atom is 0.349 e. The Hall–Kier alpha value is -2.47. The van der Waals surface area contributed by atoms with Gasteiger partial charge in [-0.05, 0) is 35.4 Å². The van der Waals surface area contributed by atoms with E-state index >= 15 is 0 Å². The van der Waals surface area contributed by atoms with E-state index in [-0.39, 0.29) is 17.6 Å². The predicted octanol–water partition coefficient (Wildman–Crippen LogP) is 4.37. The molecule has 0 radical (unpaired) electrons. The number of fused-ring (bicyclic) bond motifs is 2. The Kier molecular flexibility index (Phi) is 4.62. The van der Waals surface area contributed by atoms with Crippen molar-refractivity contribution in [1.82, 2.24) is 9.55 Å². The molecule has 0 saturated carbocycles. The number of benzene rings is 1. The van der Waals surface area contributed by atoms with Crippen LogP contribution in [-0.2, 0) is 29.7 Å². The number of carbonyl (C=O) groups is 1. The highest BCUT2D eigenvalue weighted by atomic mass is 32.1. The number of hydrogen-bond donors (Lipinski definition) is 0. The first-order valence-electron chi connectivity index (χ1n) is 9.55. The molecule has 5 nitrogen and oxygen atoms in total. The highest BCUT2D eigenvalue weighted by molar-refractivity contribution is 7.20. The average Bonchev–Trinajstić information content (AvgIpc) is 3.24. The smallest absolute Gasteiger partial charge is 0.349 e. The van der Waals surface area contributed by atoms with E-state index in [4.69, 9.17) is 4.74 Å². The van der Waals surface area contributed by atoms with Crippen LogP contribution in [0.5, 0.6) is 0 Å². The lowest BCUT2D eigenvalue weighted by Gasteiger charge is -2.19. The molecule has 0 spiro atoms. The molecule has 2 aromatic heterocycles. The SMILES string of the molecule is Cc1c(C(=O)OCc2ccc(C(C)(C)C)cc2)sc2nc3n(c(=O)c12)CCC3. The molecule has 0 atom stereocenters. The van der Waals surface area contributed by atoms with Gasteiger partial charge in [0, 0.05) is 13.0 Å². The fourth-order valence-electron chi connectivity index (χ4n) is 3.59. The summed E-state index contributed by atoms with van der Waals surface area (Å²) in [5.74, 6) is 0.419. The van der Waals surface area contributed by atoms with Crippen molar-refractivity contribution in [3.05, 3.63) is 62.0 Å². The van der Waals surface area contributed by atoms with Crippen molar-refractivity contribution in [2.24, 2.45) is 0 Å². The minimum absolute atomic E-state index is 0.0388. The molecule has 1 aliphatic heterocycles. The van der Waals surface area contributed by atoms with Crippen LogP contribution in [0.4, 0.5) is 0 Å². The van der Waals surface area contributed by atoms with Crippen LogP contribution in [0.2, 0.25) is 0 Å². The van der Waals surface area contributed by atoms with E-state index in [1.54, 1.807) is 11.5 Å². The van der Waals surface area contributed by atoms with Gasteiger partial charge in [-0.3, -0.25) is 9.36 Å². The summed E-state index contributed by atoms with van der Waals surface area (Å²) < 4.78 is 7.26. The number of thiophene rings is 1. The second-order valence-corrected chi connectivity index (χ2v) is 9.35. The fraction of sp³-hybridized carbons (Fsp3) is 0.409. The van der Waals surface area contributed by atoms with Crippen molar-refractivity contribution in [3.63, 3.8) is 0 Å². The molecule has 1 aromatic carbocycles. The summed E-state index contributed by atoms with van der Waals surface area (Å²) in [5, 5.41) is 0.553. The maximum absolute atomic E-state index is 12.7. The van der Waals surface area contributed by atoms with Crippen LogP contribution in [0.3, 0.4) is 0 Å². The maximum atomic E-state index is 12.7. The lowest BCUT2D eigenvalue weighted by Crippen LogP contribution is -2.20. The molecule has 0 bridgehead atoms. The lowest BCUT2D eigenvalue weighted by atomic mass is 9.87. The molecule has 0 unspecified atom stereocenters. The van der Waals surface area contributed by atoms with Crippen LogP contribution in [0.1, 0.15) is 59.4 Å². The highest BCUT2D eigenvalue weighted by Crippen LogP contribution is 2.29. The Morgan fingerprint density at radius 2 is 1.96 bits per heavy atom. The molecule has 6 heteroatoms. The van der Waals surface area contributed by atoms with Crippen molar-refractivity contribution < 1.29 is 9.53 Å². The van der Waals surface area contributed by atoms with Gasteiger partial charge in [-0.2, -0.15) is 0 Å². The first-order chi connectivity index (χ1) is 13.3. The van der Waals surface area contributed by atoms with E-state index in [0.717, 1.165) is 24.2 Å². The van der Waals surface area contributed by atoms with Crippen molar-refractivity contribution in [2.75, 3.05) is 0 Å². The molecule has 3 heterocycles.